The van der Waals surface area contributed by atoms with Crippen LogP contribution >= 0.6 is 12.2 Å². The molecule has 0 radical (unpaired) electrons. The molecular formula is C20H20N4O5S2. The van der Waals surface area contributed by atoms with Crippen LogP contribution in [-0.2, 0) is 10.0 Å². The number of para-hydroxylation sites is 1. The highest BCUT2D eigenvalue weighted by molar-refractivity contribution is 7.89. The van der Waals surface area contributed by atoms with E-state index in [2.05, 4.69) is 23.8 Å². The molecule has 162 valence electrons. The largest absolute Gasteiger partial charge is 0.332 e. The van der Waals surface area contributed by atoms with Gasteiger partial charge in [-0.15, -0.1) is 13.2 Å². The van der Waals surface area contributed by atoms with Crippen molar-refractivity contribution in [3.8, 4) is 0 Å². The fraction of sp³-hybridized carbons (Fsp3) is 0.100. The Morgan fingerprint density at radius 3 is 2.23 bits per heavy atom. The van der Waals surface area contributed by atoms with Gasteiger partial charge < -0.3 is 5.32 Å². The average molecular weight is 461 g/mol. The molecule has 2 aromatic rings. The van der Waals surface area contributed by atoms with Crippen molar-refractivity contribution in [1.29, 1.82) is 0 Å². The van der Waals surface area contributed by atoms with Gasteiger partial charge in [-0.05, 0) is 42.5 Å². The second-order valence-electron chi connectivity index (χ2n) is 6.11. The van der Waals surface area contributed by atoms with Gasteiger partial charge in [-0.1, -0.05) is 24.3 Å². The van der Waals surface area contributed by atoms with Crippen LogP contribution in [-0.4, -0.2) is 41.8 Å². The van der Waals surface area contributed by atoms with Gasteiger partial charge in [0.1, 0.15) is 5.56 Å². The second-order valence-corrected chi connectivity index (χ2v) is 8.45. The van der Waals surface area contributed by atoms with Gasteiger partial charge in [-0.3, -0.25) is 20.2 Å². The molecule has 0 aromatic heterocycles. The first-order chi connectivity index (χ1) is 14.7. The summed E-state index contributed by atoms with van der Waals surface area (Å²) in [6.45, 7) is 7.39. The smallest absolute Gasteiger partial charge is 0.282 e. The number of carbonyl (C=O) groups is 1. The number of hydrogen-bond donors (Lipinski definition) is 2. The summed E-state index contributed by atoms with van der Waals surface area (Å²) in [4.78, 5) is 22.8. The Bertz CT molecular complexity index is 1100. The van der Waals surface area contributed by atoms with Gasteiger partial charge in [0.2, 0.25) is 10.0 Å². The number of benzene rings is 2. The van der Waals surface area contributed by atoms with Crippen LogP contribution in [0.25, 0.3) is 0 Å². The van der Waals surface area contributed by atoms with Crippen LogP contribution in [0.15, 0.2) is 78.7 Å². The summed E-state index contributed by atoms with van der Waals surface area (Å²) in [6, 6.07) is 11.2. The van der Waals surface area contributed by atoms with Crippen LogP contribution in [0.4, 0.5) is 11.4 Å². The molecule has 31 heavy (non-hydrogen) atoms. The maximum Gasteiger partial charge on any atom is 0.282 e. The summed E-state index contributed by atoms with van der Waals surface area (Å²) >= 11 is 5.08. The maximum absolute atomic E-state index is 12.7. The maximum atomic E-state index is 12.7. The van der Waals surface area contributed by atoms with E-state index in [0.29, 0.717) is 5.69 Å². The number of nitrogens with zero attached hydrogens (tertiary/aromatic N) is 2. The standard InChI is InChI=1S/C20H20N4O5S2/c1-3-13-23(14-4-2)31(28,29)16-11-9-15(10-12-16)21-20(30)22-19(25)17-7-5-6-8-18(17)24(26)27/h3-12H,1-2,13-14H2,(H2,21,22,25,30). The predicted molar refractivity (Wildman–Crippen MR) is 122 cm³/mol. The normalized spacial score (nSPS) is 10.9. The lowest BCUT2D eigenvalue weighted by molar-refractivity contribution is -0.385. The molecule has 0 unspecified atom stereocenters. The minimum Gasteiger partial charge on any atom is -0.332 e. The van der Waals surface area contributed by atoms with Gasteiger partial charge in [0.15, 0.2) is 5.11 Å². The third-order valence-electron chi connectivity index (χ3n) is 3.99. The molecule has 0 saturated carbocycles. The van der Waals surface area contributed by atoms with Crippen LogP contribution in [0.3, 0.4) is 0 Å². The number of nitro groups is 1. The fourth-order valence-electron chi connectivity index (χ4n) is 2.58. The van der Waals surface area contributed by atoms with Crippen LogP contribution in [0.5, 0.6) is 0 Å². The minimum atomic E-state index is -3.74. The summed E-state index contributed by atoms with van der Waals surface area (Å²) in [5.41, 5.74) is -0.0608. The number of amides is 1. The van der Waals surface area contributed by atoms with E-state index >= 15 is 0 Å². The molecule has 0 heterocycles. The Morgan fingerprint density at radius 1 is 1.10 bits per heavy atom. The third-order valence-corrected chi connectivity index (χ3v) is 6.04. The van der Waals surface area contributed by atoms with Crippen molar-refractivity contribution < 1.29 is 18.1 Å². The summed E-state index contributed by atoms with van der Waals surface area (Å²) in [5.74, 6) is -0.742. The Balaban J connectivity index is 2.10. The number of thiocarbonyl (C=S) groups is 1. The molecule has 2 rings (SSSR count). The van der Waals surface area contributed by atoms with E-state index in [4.69, 9.17) is 12.2 Å². The average Bonchev–Trinajstić information content (AvgIpc) is 2.73. The number of sulfonamides is 1. The highest BCUT2D eigenvalue weighted by atomic mass is 32.2. The molecular weight excluding hydrogens is 440 g/mol. The molecule has 9 nitrogen and oxygen atoms in total. The van der Waals surface area contributed by atoms with Crippen LogP contribution in [0.2, 0.25) is 0 Å². The number of carbonyl (C=O) groups excluding carboxylic acids is 1. The van der Waals surface area contributed by atoms with E-state index in [9.17, 15) is 23.3 Å². The van der Waals surface area contributed by atoms with Gasteiger partial charge in [0.05, 0.1) is 9.82 Å². The van der Waals surface area contributed by atoms with Crippen molar-refractivity contribution >= 4 is 44.6 Å². The van der Waals surface area contributed by atoms with Gasteiger partial charge in [0.25, 0.3) is 11.6 Å². The van der Waals surface area contributed by atoms with E-state index in [0.717, 1.165) is 0 Å². The molecule has 0 aliphatic rings. The first-order valence-electron chi connectivity index (χ1n) is 8.88. The number of anilines is 1. The minimum absolute atomic E-state index is 0.0663. The summed E-state index contributed by atoms with van der Waals surface area (Å²) in [6.07, 6.45) is 2.96. The van der Waals surface area contributed by atoms with E-state index < -0.39 is 20.9 Å². The summed E-state index contributed by atoms with van der Waals surface area (Å²) < 4.78 is 26.6. The summed E-state index contributed by atoms with van der Waals surface area (Å²) in [7, 11) is -3.74. The lowest BCUT2D eigenvalue weighted by Gasteiger charge is -2.19. The molecule has 0 saturated heterocycles. The first-order valence-corrected chi connectivity index (χ1v) is 10.7. The van der Waals surface area contributed by atoms with Crippen LogP contribution < -0.4 is 10.6 Å². The van der Waals surface area contributed by atoms with Gasteiger partial charge in [-0.2, -0.15) is 4.31 Å². The number of nitrogens with one attached hydrogen (secondary N) is 2. The Hall–Kier alpha value is -3.41. The quantitative estimate of drug-likeness (QED) is 0.255. The molecule has 11 heteroatoms. The van der Waals surface area contributed by atoms with E-state index in [-0.39, 0.29) is 34.3 Å². The van der Waals surface area contributed by atoms with Gasteiger partial charge >= 0.3 is 0 Å². The van der Waals surface area contributed by atoms with Crippen LogP contribution in [0, 0.1) is 10.1 Å². The Kier molecular flexibility index (Phi) is 8.14. The second kappa shape index (κ2) is 10.6. The Morgan fingerprint density at radius 2 is 1.68 bits per heavy atom. The lowest BCUT2D eigenvalue weighted by atomic mass is 10.1. The van der Waals surface area contributed by atoms with Crippen molar-refractivity contribution in [2.24, 2.45) is 0 Å². The monoisotopic (exact) mass is 460 g/mol. The zero-order valence-electron chi connectivity index (χ0n) is 16.4. The van der Waals surface area contributed by atoms with Crippen molar-refractivity contribution in [2.75, 3.05) is 18.4 Å². The van der Waals surface area contributed by atoms with E-state index in [1.54, 1.807) is 0 Å². The van der Waals surface area contributed by atoms with Crippen molar-refractivity contribution in [3.63, 3.8) is 0 Å². The number of hydrogen-bond acceptors (Lipinski definition) is 6. The first kappa shape index (κ1) is 23.9. The van der Waals surface area contributed by atoms with Crippen molar-refractivity contribution in [2.45, 2.75) is 4.90 Å². The molecule has 0 bridgehead atoms. The van der Waals surface area contributed by atoms with Gasteiger partial charge in [-0.25, -0.2) is 8.42 Å². The van der Waals surface area contributed by atoms with Crippen LogP contribution in [0.1, 0.15) is 10.4 Å². The Labute approximate surface area is 185 Å². The molecule has 0 aliphatic heterocycles. The third kappa shape index (κ3) is 6.04. The fourth-order valence-corrected chi connectivity index (χ4v) is 4.17. The lowest BCUT2D eigenvalue weighted by Crippen LogP contribution is -2.34. The molecule has 2 aromatic carbocycles. The molecule has 0 fully saturated rings. The predicted octanol–water partition coefficient (Wildman–Crippen LogP) is 3.08. The molecule has 0 spiro atoms. The zero-order valence-corrected chi connectivity index (χ0v) is 18.0. The van der Waals surface area contributed by atoms with E-state index in [1.165, 1.54) is 65.0 Å². The zero-order chi connectivity index (χ0) is 23.0. The number of rotatable bonds is 9. The molecule has 0 aliphatic carbocycles. The van der Waals surface area contributed by atoms with Crippen molar-refractivity contribution in [3.05, 3.63) is 89.5 Å². The topological polar surface area (TPSA) is 122 Å². The van der Waals surface area contributed by atoms with E-state index in [1.807, 2.05) is 0 Å². The highest BCUT2D eigenvalue weighted by Crippen LogP contribution is 2.19. The number of nitro benzene ring substituents is 1. The summed E-state index contributed by atoms with van der Waals surface area (Å²) in [5, 5.41) is 16.1. The van der Waals surface area contributed by atoms with Crippen molar-refractivity contribution in [1.82, 2.24) is 9.62 Å². The molecule has 2 N–H and O–H groups in total. The molecule has 0 atom stereocenters. The SMILES string of the molecule is C=CCN(CC=C)S(=O)(=O)c1ccc(NC(=S)NC(=O)c2ccccc2[N+](=O)[O-])cc1. The molecule has 1 amide bonds. The highest BCUT2D eigenvalue weighted by Gasteiger charge is 2.23. The van der Waals surface area contributed by atoms with Gasteiger partial charge in [0, 0.05) is 24.8 Å².